The lowest BCUT2D eigenvalue weighted by Gasteiger charge is -2.39. The number of methoxy groups -OCH3 is 2. The highest BCUT2D eigenvalue weighted by Gasteiger charge is 2.43. The smallest absolute Gasteiger partial charge is 0.229 e. The Hall–Kier alpha value is -2.60. The van der Waals surface area contributed by atoms with Gasteiger partial charge in [-0.05, 0) is 49.1 Å². The van der Waals surface area contributed by atoms with E-state index in [4.69, 9.17) is 23.7 Å². The van der Waals surface area contributed by atoms with E-state index < -0.39 is 36.8 Å². The first-order valence-corrected chi connectivity index (χ1v) is 12.0. The summed E-state index contributed by atoms with van der Waals surface area (Å²) in [6.07, 6.45) is -5.31. The summed E-state index contributed by atoms with van der Waals surface area (Å²) >= 11 is 0. The molecule has 4 rings (SSSR count). The molecule has 7 atom stereocenters. The minimum absolute atomic E-state index is 0.0809. The van der Waals surface area contributed by atoms with Crippen LogP contribution in [0.25, 0.3) is 0 Å². The lowest BCUT2D eigenvalue weighted by Crippen LogP contribution is -2.58. The predicted molar refractivity (Wildman–Crippen MR) is 128 cm³/mol. The van der Waals surface area contributed by atoms with Gasteiger partial charge in [-0.3, -0.25) is 0 Å². The molecule has 0 aromatic heterocycles. The first kappa shape index (κ1) is 26.5. The SMILES string of the molecule is COc1cc([C@@H]2Oc3c(OC)cc(CCCO)cc3[C@H]2CO)ccc1O[C@H]1O[C@H](C)[C@@H](O)[C@H](O)[C@@H]1O. The molecule has 198 valence electrons. The van der Waals surface area contributed by atoms with Gasteiger partial charge < -0.3 is 49.2 Å². The van der Waals surface area contributed by atoms with E-state index in [0.29, 0.717) is 30.1 Å². The van der Waals surface area contributed by atoms with Gasteiger partial charge >= 0.3 is 0 Å². The van der Waals surface area contributed by atoms with Crippen molar-refractivity contribution in [1.29, 1.82) is 0 Å². The maximum atomic E-state index is 10.3. The van der Waals surface area contributed by atoms with E-state index in [2.05, 4.69) is 0 Å². The quantitative estimate of drug-likeness (QED) is 0.334. The monoisotopic (exact) mass is 506 g/mol. The first-order chi connectivity index (χ1) is 17.3. The van der Waals surface area contributed by atoms with Gasteiger partial charge in [-0.1, -0.05) is 12.1 Å². The largest absolute Gasteiger partial charge is 0.493 e. The van der Waals surface area contributed by atoms with Crippen LogP contribution in [0.4, 0.5) is 0 Å². The molecule has 1 saturated heterocycles. The van der Waals surface area contributed by atoms with Gasteiger partial charge in [0.25, 0.3) is 0 Å². The number of aryl methyl sites for hydroxylation is 1. The molecule has 0 bridgehead atoms. The fourth-order valence-corrected chi connectivity index (χ4v) is 4.72. The van der Waals surface area contributed by atoms with Crippen molar-refractivity contribution in [2.45, 2.75) is 62.5 Å². The van der Waals surface area contributed by atoms with Gasteiger partial charge in [0.1, 0.15) is 24.4 Å². The summed E-state index contributed by atoms with van der Waals surface area (Å²) in [5.74, 6) is 1.37. The minimum Gasteiger partial charge on any atom is -0.493 e. The van der Waals surface area contributed by atoms with Crippen molar-refractivity contribution < 1.29 is 49.2 Å². The van der Waals surface area contributed by atoms with Crippen LogP contribution in [0.3, 0.4) is 0 Å². The summed E-state index contributed by atoms with van der Waals surface area (Å²) in [5, 5.41) is 49.8. The molecular formula is C26H34O10. The van der Waals surface area contributed by atoms with E-state index in [1.165, 1.54) is 7.11 Å². The average Bonchev–Trinajstić information content (AvgIpc) is 3.27. The zero-order chi connectivity index (χ0) is 26.0. The Labute approximate surface area is 209 Å². The van der Waals surface area contributed by atoms with E-state index in [-0.39, 0.29) is 24.9 Å². The molecule has 0 aliphatic carbocycles. The molecular weight excluding hydrogens is 472 g/mol. The zero-order valence-corrected chi connectivity index (χ0v) is 20.5. The number of ether oxygens (including phenoxy) is 5. The Morgan fingerprint density at radius 1 is 0.889 bits per heavy atom. The molecule has 2 aliphatic heterocycles. The number of aliphatic hydroxyl groups excluding tert-OH is 5. The highest BCUT2D eigenvalue weighted by molar-refractivity contribution is 5.56. The Morgan fingerprint density at radius 2 is 1.64 bits per heavy atom. The number of rotatable bonds is 9. The van der Waals surface area contributed by atoms with Crippen molar-refractivity contribution in [3.05, 3.63) is 47.0 Å². The van der Waals surface area contributed by atoms with Gasteiger partial charge in [-0.15, -0.1) is 0 Å². The summed E-state index contributed by atoms with van der Waals surface area (Å²) in [6, 6.07) is 8.98. The highest BCUT2D eigenvalue weighted by atomic mass is 16.7. The van der Waals surface area contributed by atoms with Crippen LogP contribution in [-0.2, 0) is 11.2 Å². The van der Waals surface area contributed by atoms with Crippen molar-refractivity contribution in [3.63, 3.8) is 0 Å². The minimum atomic E-state index is -1.46. The van der Waals surface area contributed by atoms with Crippen molar-refractivity contribution in [1.82, 2.24) is 0 Å². The van der Waals surface area contributed by atoms with E-state index >= 15 is 0 Å². The van der Waals surface area contributed by atoms with Gasteiger partial charge in [-0.2, -0.15) is 0 Å². The number of hydrogen-bond acceptors (Lipinski definition) is 10. The van der Waals surface area contributed by atoms with Crippen molar-refractivity contribution >= 4 is 0 Å². The van der Waals surface area contributed by atoms with Crippen LogP contribution in [0.2, 0.25) is 0 Å². The van der Waals surface area contributed by atoms with E-state index in [0.717, 1.165) is 16.7 Å². The molecule has 2 heterocycles. The summed E-state index contributed by atoms with van der Waals surface area (Å²) in [5.41, 5.74) is 2.54. The topological polar surface area (TPSA) is 147 Å². The third-order valence-corrected chi connectivity index (χ3v) is 6.76. The zero-order valence-electron chi connectivity index (χ0n) is 20.5. The van der Waals surface area contributed by atoms with Crippen molar-refractivity contribution in [2.24, 2.45) is 0 Å². The first-order valence-electron chi connectivity index (χ1n) is 12.0. The van der Waals surface area contributed by atoms with E-state index in [9.17, 15) is 25.5 Å². The number of hydrogen-bond donors (Lipinski definition) is 5. The fourth-order valence-electron chi connectivity index (χ4n) is 4.72. The molecule has 2 aromatic carbocycles. The summed E-state index contributed by atoms with van der Waals surface area (Å²) < 4.78 is 28.7. The van der Waals surface area contributed by atoms with Crippen LogP contribution in [0.1, 0.15) is 42.1 Å². The lowest BCUT2D eigenvalue weighted by atomic mass is 9.90. The maximum Gasteiger partial charge on any atom is 0.229 e. The van der Waals surface area contributed by atoms with Crippen LogP contribution >= 0.6 is 0 Å². The second-order valence-electron chi connectivity index (χ2n) is 9.08. The second kappa shape index (κ2) is 11.2. The van der Waals surface area contributed by atoms with Crippen molar-refractivity contribution in [3.8, 4) is 23.0 Å². The summed E-state index contributed by atoms with van der Waals surface area (Å²) in [4.78, 5) is 0. The van der Waals surface area contributed by atoms with E-state index in [1.807, 2.05) is 12.1 Å². The standard InChI is InChI=1S/C26H34O10/c1-13-21(29)22(30)23(31)26(34-13)35-18-7-6-15(11-19(18)32-2)24-17(12-28)16-9-14(5-4-8-27)10-20(33-3)25(16)36-24/h6-7,9-11,13,17,21-24,26-31H,4-5,8,12H2,1-3H3/t13-,17-,21-,22+,23+,24+,26-/m1/s1. The maximum absolute atomic E-state index is 10.3. The van der Waals surface area contributed by atoms with Crippen molar-refractivity contribution in [2.75, 3.05) is 27.4 Å². The molecule has 0 amide bonds. The molecule has 10 nitrogen and oxygen atoms in total. The van der Waals surface area contributed by atoms with Gasteiger partial charge in [0.05, 0.1) is 32.8 Å². The Balaban J connectivity index is 1.60. The molecule has 36 heavy (non-hydrogen) atoms. The Kier molecular flexibility index (Phi) is 8.23. The molecule has 1 fully saturated rings. The van der Waals surface area contributed by atoms with Crippen LogP contribution < -0.4 is 18.9 Å². The number of aliphatic hydroxyl groups is 5. The van der Waals surface area contributed by atoms with Gasteiger partial charge in [0.15, 0.2) is 23.0 Å². The molecule has 5 N–H and O–H groups in total. The second-order valence-corrected chi connectivity index (χ2v) is 9.08. The molecule has 2 aliphatic rings. The molecule has 0 radical (unpaired) electrons. The molecule has 0 spiro atoms. The van der Waals surface area contributed by atoms with Gasteiger partial charge in [0.2, 0.25) is 6.29 Å². The van der Waals surface area contributed by atoms with E-state index in [1.54, 1.807) is 32.2 Å². The Bertz CT molecular complexity index is 1040. The lowest BCUT2D eigenvalue weighted by molar-refractivity contribution is -0.268. The van der Waals surface area contributed by atoms with Crippen LogP contribution in [0.15, 0.2) is 30.3 Å². The van der Waals surface area contributed by atoms with Crippen LogP contribution in [0.5, 0.6) is 23.0 Å². The fraction of sp³-hybridized carbons (Fsp3) is 0.538. The third kappa shape index (κ3) is 4.97. The normalized spacial score (nSPS) is 29.4. The van der Waals surface area contributed by atoms with Gasteiger partial charge in [0, 0.05) is 12.2 Å². The summed E-state index contributed by atoms with van der Waals surface area (Å²) in [7, 11) is 3.03. The molecule has 0 saturated carbocycles. The highest BCUT2D eigenvalue weighted by Crippen LogP contribution is 2.51. The number of benzene rings is 2. The average molecular weight is 507 g/mol. The molecule has 0 unspecified atom stereocenters. The number of fused-ring (bicyclic) bond motifs is 1. The third-order valence-electron chi connectivity index (χ3n) is 6.76. The predicted octanol–water partition coefficient (Wildman–Crippen LogP) is 1.04. The molecule has 2 aromatic rings. The summed E-state index contributed by atoms with van der Waals surface area (Å²) in [6.45, 7) is 1.49. The van der Waals surface area contributed by atoms with Gasteiger partial charge in [-0.25, -0.2) is 0 Å². The Morgan fingerprint density at radius 3 is 2.31 bits per heavy atom. The van der Waals surface area contributed by atoms with Crippen LogP contribution in [0, 0.1) is 0 Å². The molecule has 10 heteroatoms. The van der Waals surface area contributed by atoms with Crippen LogP contribution in [-0.4, -0.2) is 83.7 Å².